The quantitative estimate of drug-likeness (QED) is 0.489. The molecule has 2 aromatic rings. The van der Waals surface area contributed by atoms with E-state index in [1.807, 2.05) is 12.1 Å². The Morgan fingerprint density at radius 3 is 2.57 bits per heavy atom. The zero-order valence-electron chi connectivity index (χ0n) is 16.5. The monoisotopic (exact) mass is 450 g/mol. The fraction of sp³-hybridized carbons (Fsp3) is 0.300. The normalized spacial score (nSPS) is 18.4. The van der Waals surface area contributed by atoms with Gasteiger partial charge >= 0.3 is 0 Å². The summed E-state index contributed by atoms with van der Waals surface area (Å²) in [5, 5.41) is 6.31. The number of hydrazine groups is 1. The zero-order valence-corrected chi connectivity index (χ0v) is 18.1. The first-order chi connectivity index (χ1) is 14.5. The van der Waals surface area contributed by atoms with Crippen molar-refractivity contribution >= 4 is 40.9 Å². The predicted octanol–water partition coefficient (Wildman–Crippen LogP) is 2.15. The molecule has 0 radical (unpaired) electrons. The van der Waals surface area contributed by atoms with Crippen LogP contribution in [0, 0.1) is 0 Å². The molecule has 0 bridgehead atoms. The SMILES string of the molecule is COc1ccc(NC(=O)CSC2NNC(Cc3ccc(Cl)cc3)C(=O)N2)c(OC)c1. The third-order valence-electron chi connectivity index (χ3n) is 4.40. The summed E-state index contributed by atoms with van der Waals surface area (Å²) in [5.74, 6) is 0.911. The number of nitrogens with one attached hydrogen (secondary N) is 4. The van der Waals surface area contributed by atoms with Crippen LogP contribution < -0.4 is 31.0 Å². The number of ether oxygens (including phenoxy) is 2. The van der Waals surface area contributed by atoms with Gasteiger partial charge in [-0.2, -0.15) is 0 Å². The summed E-state index contributed by atoms with van der Waals surface area (Å²) in [7, 11) is 3.08. The molecule has 3 rings (SSSR count). The zero-order chi connectivity index (χ0) is 21.5. The van der Waals surface area contributed by atoms with Crippen LogP contribution in [0.1, 0.15) is 5.56 Å². The maximum Gasteiger partial charge on any atom is 0.240 e. The topological polar surface area (TPSA) is 101 Å². The molecule has 0 spiro atoms. The van der Waals surface area contributed by atoms with E-state index < -0.39 is 11.5 Å². The smallest absolute Gasteiger partial charge is 0.240 e. The van der Waals surface area contributed by atoms with Gasteiger partial charge in [-0.05, 0) is 36.2 Å². The minimum atomic E-state index is -0.428. The first-order valence-electron chi connectivity index (χ1n) is 9.18. The van der Waals surface area contributed by atoms with Crippen molar-refractivity contribution < 1.29 is 19.1 Å². The fourth-order valence-electron chi connectivity index (χ4n) is 2.84. The van der Waals surface area contributed by atoms with E-state index in [1.165, 1.54) is 18.9 Å². The molecule has 2 atom stereocenters. The molecule has 2 unspecified atom stereocenters. The number of hydrogen-bond acceptors (Lipinski definition) is 7. The highest BCUT2D eigenvalue weighted by Gasteiger charge is 2.27. The molecule has 1 heterocycles. The number of carbonyl (C=O) groups excluding carboxylic acids is 2. The summed E-state index contributed by atoms with van der Waals surface area (Å²) in [6, 6.07) is 12.1. The van der Waals surface area contributed by atoms with Crippen LogP contribution in [0.25, 0.3) is 0 Å². The number of benzene rings is 2. The van der Waals surface area contributed by atoms with E-state index in [0.717, 1.165) is 5.56 Å². The average molecular weight is 451 g/mol. The van der Waals surface area contributed by atoms with Gasteiger partial charge in [0, 0.05) is 11.1 Å². The Morgan fingerprint density at radius 1 is 1.13 bits per heavy atom. The van der Waals surface area contributed by atoms with Crippen LogP contribution in [-0.2, 0) is 16.0 Å². The van der Waals surface area contributed by atoms with Gasteiger partial charge in [-0.25, -0.2) is 10.9 Å². The highest BCUT2D eigenvalue weighted by Crippen LogP contribution is 2.29. The number of anilines is 1. The van der Waals surface area contributed by atoms with Gasteiger partial charge in [-0.15, -0.1) is 11.8 Å². The molecular formula is C20H23ClN4O4S. The molecule has 30 heavy (non-hydrogen) atoms. The number of hydrogen-bond donors (Lipinski definition) is 4. The fourth-order valence-corrected chi connectivity index (χ4v) is 3.71. The number of carbonyl (C=O) groups is 2. The maximum atomic E-state index is 12.4. The van der Waals surface area contributed by atoms with E-state index in [2.05, 4.69) is 21.5 Å². The van der Waals surface area contributed by atoms with Crippen molar-refractivity contribution in [2.75, 3.05) is 25.3 Å². The Morgan fingerprint density at radius 2 is 1.90 bits per heavy atom. The number of methoxy groups -OCH3 is 2. The second-order valence-electron chi connectivity index (χ2n) is 6.49. The van der Waals surface area contributed by atoms with Crippen molar-refractivity contribution in [3.05, 3.63) is 53.1 Å². The Hall–Kier alpha value is -2.46. The average Bonchev–Trinajstić information content (AvgIpc) is 2.75. The van der Waals surface area contributed by atoms with Crippen LogP contribution in [-0.4, -0.2) is 43.3 Å². The lowest BCUT2D eigenvalue weighted by molar-refractivity contribution is -0.125. The Bertz CT molecular complexity index is 897. The molecular weight excluding hydrogens is 428 g/mol. The van der Waals surface area contributed by atoms with E-state index in [0.29, 0.717) is 28.6 Å². The molecule has 0 aromatic heterocycles. The number of thioether (sulfide) groups is 1. The van der Waals surface area contributed by atoms with Crippen LogP contribution in [0.2, 0.25) is 5.02 Å². The van der Waals surface area contributed by atoms with Crippen molar-refractivity contribution in [2.45, 2.75) is 18.0 Å². The van der Waals surface area contributed by atoms with E-state index in [9.17, 15) is 9.59 Å². The van der Waals surface area contributed by atoms with Crippen molar-refractivity contribution in [1.29, 1.82) is 0 Å². The largest absolute Gasteiger partial charge is 0.497 e. The molecule has 1 saturated heterocycles. The molecule has 4 N–H and O–H groups in total. The van der Waals surface area contributed by atoms with E-state index in [1.54, 1.807) is 37.4 Å². The standard InChI is InChI=1S/C20H23ClN4O4S/c1-28-14-7-8-15(17(10-14)29-2)22-18(26)11-30-20-23-19(27)16(24-25-20)9-12-3-5-13(21)6-4-12/h3-8,10,16,20,24-25H,9,11H2,1-2H3,(H,22,26)(H,23,27). The number of halogens is 1. The van der Waals surface area contributed by atoms with Gasteiger partial charge < -0.3 is 20.1 Å². The van der Waals surface area contributed by atoms with Crippen LogP contribution >= 0.6 is 23.4 Å². The summed E-state index contributed by atoms with van der Waals surface area (Å²) in [5.41, 5.74) is 7.14. The van der Waals surface area contributed by atoms with Crippen molar-refractivity contribution in [3.8, 4) is 11.5 Å². The lowest BCUT2D eigenvalue weighted by Gasteiger charge is -2.31. The molecule has 2 aromatic carbocycles. The Kier molecular flexibility index (Phi) is 7.81. The van der Waals surface area contributed by atoms with Gasteiger partial charge in [-0.1, -0.05) is 23.7 Å². The lowest BCUT2D eigenvalue weighted by Crippen LogP contribution is -2.64. The van der Waals surface area contributed by atoms with Crippen LogP contribution in [0.3, 0.4) is 0 Å². The summed E-state index contributed by atoms with van der Waals surface area (Å²) in [4.78, 5) is 24.7. The van der Waals surface area contributed by atoms with E-state index in [-0.39, 0.29) is 17.6 Å². The molecule has 0 aliphatic carbocycles. The first kappa shape index (κ1) is 22.2. The molecule has 2 amide bonds. The summed E-state index contributed by atoms with van der Waals surface area (Å²) in [6.07, 6.45) is 0.519. The van der Waals surface area contributed by atoms with Crippen LogP contribution in [0.5, 0.6) is 11.5 Å². The minimum absolute atomic E-state index is 0.136. The van der Waals surface area contributed by atoms with Gasteiger partial charge in [-0.3, -0.25) is 9.59 Å². The highest BCUT2D eigenvalue weighted by molar-refractivity contribution is 8.00. The molecule has 160 valence electrons. The van der Waals surface area contributed by atoms with Crippen LogP contribution in [0.4, 0.5) is 5.69 Å². The van der Waals surface area contributed by atoms with Gasteiger partial charge in [0.2, 0.25) is 11.8 Å². The molecule has 0 saturated carbocycles. The van der Waals surface area contributed by atoms with Gasteiger partial charge in [0.1, 0.15) is 23.0 Å². The van der Waals surface area contributed by atoms with Gasteiger partial charge in [0.05, 0.1) is 25.7 Å². The van der Waals surface area contributed by atoms with E-state index in [4.69, 9.17) is 21.1 Å². The summed E-state index contributed by atoms with van der Waals surface area (Å²) in [6.45, 7) is 0. The third kappa shape index (κ3) is 6.02. The van der Waals surface area contributed by atoms with Crippen molar-refractivity contribution in [1.82, 2.24) is 16.2 Å². The van der Waals surface area contributed by atoms with Crippen molar-refractivity contribution in [3.63, 3.8) is 0 Å². The van der Waals surface area contributed by atoms with Crippen LogP contribution in [0.15, 0.2) is 42.5 Å². The Balaban J connectivity index is 1.46. The van der Waals surface area contributed by atoms with E-state index >= 15 is 0 Å². The number of rotatable bonds is 8. The van der Waals surface area contributed by atoms with Gasteiger partial charge in [0.15, 0.2) is 0 Å². The predicted molar refractivity (Wildman–Crippen MR) is 118 cm³/mol. The molecule has 8 nitrogen and oxygen atoms in total. The second-order valence-corrected chi connectivity index (χ2v) is 8.02. The van der Waals surface area contributed by atoms with Crippen molar-refractivity contribution in [2.24, 2.45) is 0 Å². The highest BCUT2D eigenvalue weighted by atomic mass is 35.5. The Labute approximate surface area is 184 Å². The van der Waals surface area contributed by atoms with Gasteiger partial charge in [0.25, 0.3) is 0 Å². The minimum Gasteiger partial charge on any atom is -0.497 e. The molecule has 1 fully saturated rings. The summed E-state index contributed by atoms with van der Waals surface area (Å²) < 4.78 is 10.4. The second kappa shape index (κ2) is 10.5. The third-order valence-corrected chi connectivity index (χ3v) is 5.65. The number of amides is 2. The summed E-state index contributed by atoms with van der Waals surface area (Å²) >= 11 is 7.15. The lowest BCUT2D eigenvalue weighted by atomic mass is 10.1. The molecule has 10 heteroatoms. The molecule has 1 aliphatic rings. The molecule has 1 aliphatic heterocycles. The maximum absolute atomic E-state index is 12.4. The first-order valence-corrected chi connectivity index (χ1v) is 10.6.